The molecule has 14 heavy (non-hydrogen) atoms. The van der Waals surface area contributed by atoms with Gasteiger partial charge >= 0.3 is 0 Å². The molecule has 80 valence electrons. The first kappa shape index (κ1) is 11.6. The second-order valence-electron chi connectivity index (χ2n) is 3.75. The van der Waals surface area contributed by atoms with Crippen molar-refractivity contribution in [1.82, 2.24) is 4.72 Å². The minimum absolute atomic E-state index is 0.229. The van der Waals surface area contributed by atoms with Crippen molar-refractivity contribution < 1.29 is 8.42 Å². The molecule has 3 N–H and O–H groups in total. The predicted molar refractivity (Wildman–Crippen MR) is 57.8 cm³/mol. The maximum atomic E-state index is 11.6. The minimum Gasteiger partial charge on any atom is -0.324 e. The van der Waals surface area contributed by atoms with E-state index >= 15 is 0 Å². The van der Waals surface area contributed by atoms with E-state index in [-0.39, 0.29) is 6.54 Å². The van der Waals surface area contributed by atoms with Crippen molar-refractivity contribution in [2.45, 2.75) is 23.6 Å². The minimum atomic E-state index is -3.36. The number of hydrogen-bond acceptors (Lipinski definition) is 4. The van der Waals surface area contributed by atoms with Crippen LogP contribution < -0.4 is 10.5 Å². The summed E-state index contributed by atoms with van der Waals surface area (Å²) in [5, 5.41) is 1.72. The van der Waals surface area contributed by atoms with Gasteiger partial charge < -0.3 is 5.73 Å². The largest absolute Gasteiger partial charge is 0.324 e. The molecular weight excluding hydrogens is 220 g/mol. The highest BCUT2D eigenvalue weighted by Crippen LogP contribution is 2.15. The Labute approximate surface area is 88.2 Å². The predicted octanol–water partition coefficient (Wildman–Crippen LogP) is 0.764. The number of thiophene rings is 1. The molecule has 0 atom stereocenters. The molecule has 0 spiro atoms. The van der Waals surface area contributed by atoms with Gasteiger partial charge in [-0.1, -0.05) is 6.07 Å². The number of nitrogens with two attached hydrogens (primary N) is 1. The van der Waals surface area contributed by atoms with Crippen LogP contribution in [0.25, 0.3) is 0 Å². The summed E-state index contributed by atoms with van der Waals surface area (Å²) >= 11 is 1.19. The van der Waals surface area contributed by atoms with E-state index in [4.69, 9.17) is 5.73 Å². The summed E-state index contributed by atoms with van der Waals surface area (Å²) < 4.78 is 25.9. The lowest BCUT2D eigenvalue weighted by Gasteiger charge is -2.18. The zero-order valence-corrected chi connectivity index (χ0v) is 9.78. The highest BCUT2D eigenvalue weighted by atomic mass is 32.2. The normalized spacial score (nSPS) is 13.1. The molecule has 1 aromatic rings. The standard InChI is InChI=1S/C8H14N2O2S2/c1-8(2,9)6-10-14(11,12)7-4-3-5-13-7/h3-5,10H,6,9H2,1-2H3. The Morgan fingerprint density at radius 2 is 2.21 bits per heavy atom. The van der Waals surface area contributed by atoms with E-state index < -0.39 is 15.6 Å². The molecule has 6 heteroatoms. The molecule has 1 rings (SSSR count). The van der Waals surface area contributed by atoms with E-state index in [1.54, 1.807) is 31.4 Å². The molecular formula is C8H14N2O2S2. The first-order valence-electron chi connectivity index (χ1n) is 4.13. The van der Waals surface area contributed by atoms with Gasteiger partial charge in [0.05, 0.1) is 0 Å². The zero-order chi connectivity index (χ0) is 10.8. The second kappa shape index (κ2) is 3.98. The van der Waals surface area contributed by atoms with Gasteiger partial charge in [-0.25, -0.2) is 13.1 Å². The van der Waals surface area contributed by atoms with Crippen molar-refractivity contribution in [1.29, 1.82) is 0 Å². The molecule has 1 aromatic heterocycles. The highest BCUT2D eigenvalue weighted by Gasteiger charge is 2.18. The SMILES string of the molecule is CC(C)(N)CNS(=O)(=O)c1cccs1. The van der Waals surface area contributed by atoms with Crippen LogP contribution >= 0.6 is 11.3 Å². The number of sulfonamides is 1. The van der Waals surface area contributed by atoms with E-state index in [9.17, 15) is 8.42 Å². The summed E-state index contributed by atoms with van der Waals surface area (Å²) in [6.45, 7) is 3.76. The van der Waals surface area contributed by atoms with E-state index in [2.05, 4.69) is 4.72 Å². The highest BCUT2D eigenvalue weighted by molar-refractivity contribution is 7.91. The monoisotopic (exact) mass is 234 g/mol. The Bertz CT molecular complexity index is 376. The fourth-order valence-electron chi connectivity index (χ4n) is 0.769. The summed E-state index contributed by atoms with van der Waals surface area (Å²) in [7, 11) is -3.36. The van der Waals surface area contributed by atoms with Gasteiger partial charge in [0.25, 0.3) is 0 Å². The van der Waals surface area contributed by atoms with Gasteiger partial charge in [-0.3, -0.25) is 0 Å². The third-order valence-electron chi connectivity index (χ3n) is 1.48. The number of nitrogens with one attached hydrogen (secondary N) is 1. The fraction of sp³-hybridized carbons (Fsp3) is 0.500. The lowest BCUT2D eigenvalue weighted by Crippen LogP contribution is -2.44. The third-order valence-corrected chi connectivity index (χ3v) is 4.28. The Hall–Kier alpha value is -0.430. The van der Waals surface area contributed by atoms with Gasteiger partial charge in [0.15, 0.2) is 0 Å². The summed E-state index contributed by atoms with van der Waals surface area (Å²) in [4.78, 5) is 0. The van der Waals surface area contributed by atoms with Crippen LogP contribution in [0.3, 0.4) is 0 Å². The summed E-state index contributed by atoms with van der Waals surface area (Å²) in [6.07, 6.45) is 0. The molecule has 1 heterocycles. The van der Waals surface area contributed by atoms with E-state index in [0.29, 0.717) is 4.21 Å². The molecule has 0 fully saturated rings. The quantitative estimate of drug-likeness (QED) is 0.808. The van der Waals surface area contributed by atoms with Crippen LogP contribution in [-0.2, 0) is 10.0 Å². The van der Waals surface area contributed by atoms with Gasteiger partial charge in [-0.05, 0) is 25.3 Å². The van der Waals surface area contributed by atoms with Crippen LogP contribution in [0.5, 0.6) is 0 Å². The zero-order valence-electron chi connectivity index (χ0n) is 8.15. The van der Waals surface area contributed by atoms with Gasteiger partial charge in [0.1, 0.15) is 4.21 Å². The molecule has 0 saturated carbocycles. The van der Waals surface area contributed by atoms with Crippen molar-refractivity contribution in [3.05, 3.63) is 17.5 Å². The summed E-state index contributed by atoms with van der Waals surface area (Å²) in [5.41, 5.74) is 5.14. The van der Waals surface area contributed by atoms with Crippen molar-refractivity contribution in [2.75, 3.05) is 6.54 Å². The Morgan fingerprint density at radius 3 is 2.64 bits per heavy atom. The average Bonchev–Trinajstić information content (AvgIpc) is 2.52. The van der Waals surface area contributed by atoms with Crippen LogP contribution in [0.15, 0.2) is 21.7 Å². The molecule has 0 radical (unpaired) electrons. The lowest BCUT2D eigenvalue weighted by molar-refractivity contribution is 0.498. The van der Waals surface area contributed by atoms with Crippen LogP contribution in [0, 0.1) is 0 Å². The Balaban J connectivity index is 2.70. The van der Waals surface area contributed by atoms with E-state index in [1.165, 1.54) is 11.3 Å². The van der Waals surface area contributed by atoms with Crippen LogP contribution in [0.4, 0.5) is 0 Å². The third kappa shape index (κ3) is 3.38. The van der Waals surface area contributed by atoms with Crippen molar-refractivity contribution in [2.24, 2.45) is 5.73 Å². The van der Waals surface area contributed by atoms with E-state index in [1.807, 2.05) is 0 Å². The van der Waals surface area contributed by atoms with Gasteiger partial charge in [-0.15, -0.1) is 11.3 Å². The van der Waals surface area contributed by atoms with Crippen LogP contribution in [0.1, 0.15) is 13.8 Å². The molecule has 0 aliphatic rings. The van der Waals surface area contributed by atoms with E-state index in [0.717, 1.165) is 0 Å². The van der Waals surface area contributed by atoms with Crippen LogP contribution in [-0.4, -0.2) is 20.5 Å². The fourth-order valence-corrected chi connectivity index (χ4v) is 3.03. The molecule has 0 unspecified atom stereocenters. The molecule has 0 aromatic carbocycles. The smallest absolute Gasteiger partial charge is 0.250 e. The molecule has 0 amide bonds. The van der Waals surface area contributed by atoms with Gasteiger partial charge in [-0.2, -0.15) is 0 Å². The molecule has 0 saturated heterocycles. The first-order chi connectivity index (χ1) is 6.31. The Morgan fingerprint density at radius 1 is 1.57 bits per heavy atom. The van der Waals surface area contributed by atoms with Crippen LogP contribution in [0.2, 0.25) is 0 Å². The maximum Gasteiger partial charge on any atom is 0.250 e. The van der Waals surface area contributed by atoms with Gasteiger partial charge in [0, 0.05) is 12.1 Å². The summed E-state index contributed by atoms with van der Waals surface area (Å²) in [5.74, 6) is 0. The topological polar surface area (TPSA) is 72.2 Å². The van der Waals surface area contributed by atoms with Crippen molar-refractivity contribution in [3.63, 3.8) is 0 Å². The lowest BCUT2D eigenvalue weighted by atomic mass is 10.1. The first-order valence-corrected chi connectivity index (χ1v) is 6.50. The summed E-state index contributed by atoms with van der Waals surface area (Å²) in [6, 6.07) is 3.27. The van der Waals surface area contributed by atoms with Crippen molar-refractivity contribution >= 4 is 21.4 Å². The van der Waals surface area contributed by atoms with Crippen molar-refractivity contribution in [3.8, 4) is 0 Å². The number of rotatable bonds is 4. The second-order valence-corrected chi connectivity index (χ2v) is 6.69. The maximum absolute atomic E-state index is 11.6. The molecule has 0 aliphatic heterocycles. The molecule has 0 bridgehead atoms. The molecule has 4 nitrogen and oxygen atoms in total. The molecule has 0 aliphatic carbocycles. The Kier molecular flexibility index (Phi) is 3.31. The number of hydrogen-bond donors (Lipinski definition) is 2. The van der Waals surface area contributed by atoms with Gasteiger partial charge in [0.2, 0.25) is 10.0 Å². The average molecular weight is 234 g/mol.